The van der Waals surface area contributed by atoms with Gasteiger partial charge in [-0.15, -0.1) is 0 Å². The fraction of sp³-hybridized carbons (Fsp3) is 0.632. The molecule has 1 heterocycles. The van der Waals surface area contributed by atoms with Crippen LogP contribution in [0.25, 0.3) is 0 Å². The molecule has 1 atom stereocenters. The van der Waals surface area contributed by atoms with E-state index in [4.69, 9.17) is 18.9 Å². The van der Waals surface area contributed by atoms with Crippen molar-refractivity contribution in [1.82, 2.24) is 10.2 Å². The van der Waals surface area contributed by atoms with Crippen LogP contribution in [0.3, 0.4) is 0 Å². The summed E-state index contributed by atoms with van der Waals surface area (Å²) in [5.74, 6) is 1.66. The number of carbonyl (C=O) groups is 1. The Morgan fingerprint density at radius 1 is 1.23 bits per heavy atom. The minimum atomic E-state index is -0.229. The second-order valence-electron chi connectivity index (χ2n) is 6.74. The number of morpholine rings is 1. The molecule has 0 aliphatic carbocycles. The molecule has 1 N–H and O–H groups in total. The van der Waals surface area contributed by atoms with Gasteiger partial charge in [0.15, 0.2) is 11.5 Å². The third kappa shape index (κ3) is 5.02. The first-order chi connectivity index (χ1) is 12.5. The van der Waals surface area contributed by atoms with Crippen LogP contribution in [0, 0.1) is 5.92 Å². The van der Waals surface area contributed by atoms with Gasteiger partial charge in [-0.05, 0) is 18.1 Å². The van der Waals surface area contributed by atoms with Gasteiger partial charge in [-0.3, -0.25) is 9.69 Å². The number of benzene rings is 1. The lowest BCUT2D eigenvalue weighted by Gasteiger charge is -2.34. The molecule has 0 unspecified atom stereocenters. The van der Waals surface area contributed by atoms with E-state index in [0.29, 0.717) is 41.9 Å². The van der Waals surface area contributed by atoms with Crippen LogP contribution in [0.4, 0.5) is 0 Å². The van der Waals surface area contributed by atoms with Crippen molar-refractivity contribution >= 4 is 5.91 Å². The molecule has 7 heteroatoms. The van der Waals surface area contributed by atoms with E-state index < -0.39 is 0 Å². The summed E-state index contributed by atoms with van der Waals surface area (Å²) >= 11 is 0. The van der Waals surface area contributed by atoms with Crippen LogP contribution in [-0.2, 0) is 4.74 Å². The van der Waals surface area contributed by atoms with Gasteiger partial charge in [-0.1, -0.05) is 13.8 Å². The normalized spacial score (nSPS) is 17.8. The largest absolute Gasteiger partial charge is 0.493 e. The standard InChI is InChI=1S/C19H30N2O5/c1-13(2)11-21-8-9-26-14(12-21)10-20-19(22)15-6-7-16(23-3)18(25-5)17(15)24-4/h6-7,13-14H,8-12H2,1-5H3,(H,20,22)/t14-/m1/s1. The van der Waals surface area contributed by atoms with E-state index >= 15 is 0 Å². The number of methoxy groups -OCH3 is 3. The SMILES string of the molecule is COc1ccc(C(=O)NC[C@@H]2CN(CC(C)C)CCO2)c(OC)c1OC. The van der Waals surface area contributed by atoms with Gasteiger partial charge >= 0.3 is 0 Å². The molecule has 0 bridgehead atoms. The van der Waals surface area contributed by atoms with Gasteiger partial charge in [0.1, 0.15) is 0 Å². The number of rotatable bonds is 8. The monoisotopic (exact) mass is 366 g/mol. The maximum Gasteiger partial charge on any atom is 0.255 e. The molecule has 2 rings (SSSR count). The van der Waals surface area contributed by atoms with Gasteiger partial charge in [0.2, 0.25) is 5.75 Å². The van der Waals surface area contributed by atoms with E-state index in [1.807, 2.05) is 0 Å². The third-order valence-corrected chi connectivity index (χ3v) is 4.29. The first-order valence-corrected chi connectivity index (χ1v) is 8.91. The lowest BCUT2D eigenvalue weighted by molar-refractivity contribution is -0.0295. The average molecular weight is 366 g/mol. The van der Waals surface area contributed by atoms with E-state index in [2.05, 4.69) is 24.1 Å². The average Bonchev–Trinajstić information content (AvgIpc) is 2.64. The number of nitrogens with zero attached hydrogens (tertiary/aromatic N) is 1. The summed E-state index contributed by atoms with van der Waals surface area (Å²) in [4.78, 5) is 15.0. The van der Waals surface area contributed by atoms with Crippen molar-refractivity contribution in [2.75, 3.05) is 54.1 Å². The van der Waals surface area contributed by atoms with Gasteiger partial charge in [0, 0.05) is 26.2 Å². The number of carbonyl (C=O) groups excluding carboxylic acids is 1. The minimum Gasteiger partial charge on any atom is -0.493 e. The maximum absolute atomic E-state index is 12.6. The number of nitrogens with one attached hydrogen (secondary N) is 1. The second-order valence-corrected chi connectivity index (χ2v) is 6.74. The maximum atomic E-state index is 12.6. The molecule has 1 aromatic carbocycles. The highest BCUT2D eigenvalue weighted by atomic mass is 16.5. The van der Waals surface area contributed by atoms with Crippen LogP contribution < -0.4 is 19.5 Å². The van der Waals surface area contributed by atoms with Crippen LogP contribution in [-0.4, -0.2) is 71.0 Å². The molecule has 0 spiro atoms. The molecule has 0 aromatic heterocycles. The van der Waals surface area contributed by atoms with Gasteiger partial charge in [-0.25, -0.2) is 0 Å². The van der Waals surface area contributed by atoms with E-state index in [-0.39, 0.29) is 12.0 Å². The molecule has 0 saturated carbocycles. The smallest absolute Gasteiger partial charge is 0.255 e. The summed E-state index contributed by atoms with van der Waals surface area (Å²) < 4.78 is 21.7. The highest BCUT2D eigenvalue weighted by Crippen LogP contribution is 2.39. The van der Waals surface area contributed by atoms with Crippen LogP contribution in [0.2, 0.25) is 0 Å². The van der Waals surface area contributed by atoms with Crippen molar-refractivity contribution in [1.29, 1.82) is 0 Å². The Kier molecular flexibility index (Phi) is 7.53. The Labute approximate surface area is 155 Å². The molecule has 1 aliphatic rings. The lowest BCUT2D eigenvalue weighted by Crippen LogP contribution is -2.48. The van der Waals surface area contributed by atoms with E-state index in [1.54, 1.807) is 19.2 Å². The quantitative estimate of drug-likeness (QED) is 0.757. The van der Waals surface area contributed by atoms with Crippen molar-refractivity contribution in [2.24, 2.45) is 5.92 Å². The number of ether oxygens (including phenoxy) is 4. The van der Waals surface area contributed by atoms with E-state index in [9.17, 15) is 4.79 Å². The Morgan fingerprint density at radius 3 is 2.58 bits per heavy atom. The van der Waals surface area contributed by atoms with Crippen molar-refractivity contribution in [3.63, 3.8) is 0 Å². The number of amides is 1. The highest BCUT2D eigenvalue weighted by Gasteiger charge is 2.24. The predicted octanol–water partition coefficient (Wildman–Crippen LogP) is 1.80. The number of hydrogen-bond donors (Lipinski definition) is 1. The van der Waals surface area contributed by atoms with Gasteiger partial charge in [-0.2, -0.15) is 0 Å². The van der Waals surface area contributed by atoms with Crippen LogP contribution in [0.1, 0.15) is 24.2 Å². The Morgan fingerprint density at radius 2 is 1.96 bits per heavy atom. The molecular formula is C19H30N2O5. The molecule has 1 amide bonds. The van der Waals surface area contributed by atoms with Crippen molar-refractivity contribution in [3.8, 4) is 17.2 Å². The van der Waals surface area contributed by atoms with Gasteiger partial charge in [0.05, 0.1) is 39.6 Å². The van der Waals surface area contributed by atoms with E-state index in [0.717, 1.165) is 19.6 Å². The van der Waals surface area contributed by atoms with Crippen molar-refractivity contribution in [2.45, 2.75) is 20.0 Å². The Bertz CT molecular complexity index is 606. The number of hydrogen-bond acceptors (Lipinski definition) is 6. The fourth-order valence-electron chi connectivity index (χ4n) is 3.17. The van der Waals surface area contributed by atoms with Crippen LogP contribution in [0.5, 0.6) is 17.2 Å². The molecule has 1 saturated heterocycles. The molecule has 1 aliphatic heterocycles. The molecular weight excluding hydrogens is 336 g/mol. The zero-order chi connectivity index (χ0) is 19.1. The summed E-state index contributed by atoms with van der Waals surface area (Å²) in [5.41, 5.74) is 0.403. The van der Waals surface area contributed by atoms with Crippen LogP contribution >= 0.6 is 0 Å². The topological polar surface area (TPSA) is 69.3 Å². The van der Waals surface area contributed by atoms with Gasteiger partial charge in [0.25, 0.3) is 5.91 Å². The summed E-state index contributed by atoms with van der Waals surface area (Å²) in [5, 5.41) is 2.94. The molecule has 7 nitrogen and oxygen atoms in total. The summed E-state index contributed by atoms with van der Waals surface area (Å²) in [6.07, 6.45) is -0.0161. The first-order valence-electron chi connectivity index (χ1n) is 8.91. The third-order valence-electron chi connectivity index (χ3n) is 4.29. The van der Waals surface area contributed by atoms with Gasteiger partial charge < -0.3 is 24.3 Å². The molecule has 146 valence electrons. The Balaban J connectivity index is 2.01. The van der Waals surface area contributed by atoms with E-state index in [1.165, 1.54) is 14.2 Å². The fourth-order valence-corrected chi connectivity index (χ4v) is 3.17. The summed E-state index contributed by atoms with van der Waals surface area (Å²) in [6.45, 7) is 8.34. The minimum absolute atomic E-state index is 0.0161. The zero-order valence-corrected chi connectivity index (χ0v) is 16.3. The summed E-state index contributed by atoms with van der Waals surface area (Å²) in [6, 6.07) is 3.36. The van der Waals surface area contributed by atoms with Crippen LogP contribution in [0.15, 0.2) is 12.1 Å². The predicted molar refractivity (Wildman–Crippen MR) is 99.4 cm³/mol. The molecule has 26 heavy (non-hydrogen) atoms. The second kappa shape index (κ2) is 9.64. The van der Waals surface area contributed by atoms with Crippen molar-refractivity contribution < 1.29 is 23.7 Å². The Hall–Kier alpha value is -1.99. The molecule has 0 radical (unpaired) electrons. The summed E-state index contributed by atoms with van der Waals surface area (Å²) in [7, 11) is 4.56. The molecule has 1 fully saturated rings. The highest BCUT2D eigenvalue weighted by molar-refractivity contribution is 5.98. The zero-order valence-electron chi connectivity index (χ0n) is 16.3. The molecule has 1 aromatic rings. The van der Waals surface area contributed by atoms with Crippen molar-refractivity contribution in [3.05, 3.63) is 17.7 Å². The first kappa shape index (κ1) is 20.3. The lowest BCUT2D eigenvalue weighted by atomic mass is 10.1.